The van der Waals surface area contributed by atoms with Crippen LogP contribution in [-0.2, 0) is 7.05 Å². The normalized spacial score (nSPS) is 11.2. The molecule has 0 saturated carbocycles. The Bertz CT molecular complexity index is 1420. The third kappa shape index (κ3) is 4.91. The van der Waals surface area contributed by atoms with Gasteiger partial charge in [-0.1, -0.05) is 29.8 Å². The minimum absolute atomic E-state index is 0.0698. The van der Waals surface area contributed by atoms with E-state index < -0.39 is 4.92 Å². The van der Waals surface area contributed by atoms with Crippen LogP contribution in [0.4, 0.5) is 23.0 Å². The Labute approximate surface area is 214 Å². The van der Waals surface area contributed by atoms with Crippen molar-refractivity contribution in [3.63, 3.8) is 0 Å². The van der Waals surface area contributed by atoms with Crippen LogP contribution in [0.1, 0.15) is 0 Å². The van der Waals surface area contributed by atoms with Crippen LogP contribution < -0.4 is 15.0 Å². The summed E-state index contributed by atoms with van der Waals surface area (Å²) >= 11 is 6.53. The average molecular weight is 510 g/mol. The number of rotatable bonds is 9. The summed E-state index contributed by atoms with van der Waals surface area (Å²) < 4.78 is 7.61. The molecule has 188 valence electrons. The number of nitrogens with one attached hydrogen (secondary N) is 1. The fraction of sp³-hybridized carbons (Fsp3) is 0.280. The second-order valence-corrected chi connectivity index (χ2v) is 9.03. The molecule has 2 heterocycles. The van der Waals surface area contributed by atoms with Crippen LogP contribution in [0, 0.1) is 10.1 Å². The highest BCUT2D eigenvalue weighted by molar-refractivity contribution is 6.33. The zero-order valence-electron chi connectivity index (χ0n) is 20.8. The lowest BCUT2D eigenvalue weighted by atomic mass is 10.1. The fourth-order valence-electron chi connectivity index (χ4n) is 4.04. The molecule has 4 aromatic rings. The molecular weight excluding hydrogens is 482 g/mol. The van der Waals surface area contributed by atoms with E-state index in [-0.39, 0.29) is 5.69 Å². The van der Waals surface area contributed by atoms with Crippen LogP contribution in [0.5, 0.6) is 5.75 Å². The van der Waals surface area contributed by atoms with E-state index in [1.54, 1.807) is 18.0 Å². The summed E-state index contributed by atoms with van der Waals surface area (Å²) in [5.41, 5.74) is 3.25. The van der Waals surface area contributed by atoms with Gasteiger partial charge in [0, 0.05) is 62.0 Å². The Morgan fingerprint density at radius 1 is 1.22 bits per heavy atom. The number of hydrogen-bond acceptors (Lipinski definition) is 8. The first kappa shape index (κ1) is 25.2. The smallest absolute Gasteiger partial charge is 0.294 e. The number of hydrogen-bond donors (Lipinski definition) is 1. The lowest BCUT2D eigenvalue weighted by Crippen LogP contribution is -2.21. The zero-order chi connectivity index (χ0) is 26.0. The molecule has 36 heavy (non-hydrogen) atoms. The molecule has 1 N–H and O–H groups in total. The van der Waals surface area contributed by atoms with Crippen LogP contribution in [-0.4, -0.2) is 65.7 Å². The number of likely N-dealkylation sites (N-methyl/N-ethyl adjacent to an activating group) is 1. The number of aryl methyl sites for hydroxylation is 1. The van der Waals surface area contributed by atoms with Gasteiger partial charge in [-0.15, -0.1) is 0 Å². The molecular formula is C25H28ClN7O3. The molecule has 0 unspecified atom stereocenters. The van der Waals surface area contributed by atoms with Gasteiger partial charge in [-0.3, -0.25) is 10.1 Å². The van der Waals surface area contributed by atoms with Crippen LogP contribution in [0.15, 0.2) is 48.8 Å². The number of nitro benzene ring substituents is 1. The summed E-state index contributed by atoms with van der Waals surface area (Å²) in [7, 11) is 9.09. The van der Waals surface area contributed by atoms with Crippen molar-refractivity contribution >= 4 is 45.5 Å². The molecule has 0 atom stereocenters. The van der Waals surface area contributed by atoms with Crippen LogP contribution >= 0.6 is 11.6 Å². The predicted octanol–water partition coefficient (Wildman–Crippen LogP) is 4.95. The van der Waals surface area contributed by atoms with Crippen LogP contribution in [0.2, 0.25) is 5.02 Å². The molecule has 0 aliphatic heterocycles. The first-order chi connectivity index (χ1) is 17.2. The monoisotopic (exact) mass is 509 g/mol. The number of aromatic nitrogens is 3. The van der Waals surface area contributed by atoms with Crippen molar-refractivity contribution in [1.82, 2.24) is 19.4 Å². The number of nitrogens with zero attached hydrogens (tertiary/aromatic N) is 6. The zero-order valence-corrected chi connectivity index (χ0v) is 21.6. The molecule has 0 aliphatic carbocycles. The van der Waals surface area contributed by atoms with Gasteiger partial charge in [-0.2, -0.15) is 0 Å². The van der Waals surface area contributed by atoms with Crippen molar-refractivity contribution < 1.29 is 9.66 Å². The van der Waals surface area contributed by atoms with E-state index in [0.29, 0.717) is 40.3 Å². The van der Waals surface area contributed by atoms with Gasteiger partial charge >= 0.3 is 0 Å². The summed E-state index contributed by atoms with van der Waals surface area (Å²) in [4.78, 5) is 24.3. The first-order valence-corrected chi connectivity index (χ1v) is 11.6. The third-order valence-corrected chi connectivity index (χ3v) is 6.19. The summed E-state index contributed by atoms with van der Waals surface area (Å²) in [5.74, 6) is 0.768. The van der Waals surface area contributed by atoms with Gasteiger partial charge in [0.1, 0.15) is 11.4 Å². The summed E-state index contributed by atoms with van der Waals surface area (Å²) in [6.07, 6.45) is 3.51. The Kier molecular flexibility index (Phi) is 7.27. The summed E-state index contributed by atoms with van der Waals surface area (Å²) in [6.45, 7) is 1.26. The molecule has 0 fully saturated rings. The Hall–Kier alpha value is -3.89. The van der Waals surface area contributed by atoms with Crippen molar-refractivity contribution in [2.45, 2.75) is 0 Å². The maximum atomic E-state index is 11.9. The Morgan fingerprint density at radius 3 is 2.67 bits per heavy atom. The largest absolute Gasteiger partial charge is 0.494 e. The molecule has 0 radical (unpaired) electrons. The van der Waals surface area contributed by atoms with Crippen molar-refractivity contribution in [2.24, 2.45) is 7.05 Å². The molecule has 0 amide bonds. The van der Waals surface area contributed by atoms with Gasteiger partial charge in [0.05, 0.1) is 34.6 Å². The molecule has 2 aromatic carbocycles. The third-order valence-electron chi connectivity index (χ3n) is 5.91. The van der Waals surface area contributed by atoms with E-state index in [0.717, 1.165) is 23.0 Å². The fourth-order valence-corrected chi connectivity index (χ4v) is 4.23. The molecule has 2 aromatic heterocycles. The maximum absolute atomic E-state index is 11.9. The van der Waals surface area contributed by atoms with Gasteiger partial charge < -0.3 is 24.4 Å². The van der Waals surface area contributed by atoms with Crippen molar-refractivity contribution in [3.05, 3.63) is 63.9 Å². The number of fused-ring (bicyclic) bond motifs is 1. The number of benzene rings is 2. The number of halogens is 1. The number of ether oxygens (including phenoxy) is 1. The minimum Gasteiger partial charge on any atom is -0.494 e. The lowest BCUT2D eigenvalue weighted by Gasteiger charge is -2.21. The van der Waals surface area contributed by atoms with Gasteiger partial charge in [-0.05, 0) is 20.2 Å². The quantitative estimate of drug-likeness (QED) is 0.250. The number of anilines is 3. The maximum Gasteiger partial charge on any atom is 0.294 e. The lowest BCUT2D eigenvalue weighted by molar-refractivity contribution is -0.383. The SMILES string of the molecule is COc1cc(NCCN(C)C)c([N+](=O)[O-])cc1N(C)c1ncc(Cl)c(-c2cn(C)c3ccccc23)n1. The van der Waals surface area contributed by atoms with Gasteiger partial charge in [0.2, 0.25) is 5.95 Å². The van der Waals surface area contributed by atoms with Crippen LogP contribution in [0.25, 0.3) is 22.2 Å². The molecule has 0 aliphatic rings. The highest BCUT2D eigenvalue weighted by Gasteiger charge is 2.23. The highest BCUT2D eigenvalue weighted by Crippen LogP contribution is 2.41. The van der Waals surface area contributed by atoms with Crippen molar-refractivity contribution in [1.29, 1.82) is 0 Å². The highest BCUT2D eigenvalue weighted by atomic mass is 35.5. The number of methoxy groups -OCH3 is 1. The minimum atomic E-state index is -0.418. The van der Waals surface area contributed by atoms with Gasteiger partial charge in [-0.25, -0.2) is 9.97 Å². The van der Waals surface area contributed by atoms with E-state index in [4.69, 9.17) is 21.3 Å². The van der Waals surface area contributed by atoms with Crippen molar-refractivity contribution in [3.8, 4) is 17.0 Å². The number of nitro groups is 1. The molecule has 0 spiro atoms. The topological polar surface area (TPSA) is 102 Å². The average Bonchev–Trinajstić information content (AvgIpc) is 3.19. The number of para-hydroxylation sites is 1. The van der Waals surface area contributed by atoms with E-state index in [1.807, 2.05) is 61.1 Å². The van der Waals surface area contributed by atoms with Crippen LogP contribution in [0.3, 0.4) is 0 Å². The molecule has 0 bridgehead atoms. The van der Waals surface area contributed by atoms with E-state index in [9.17, 15) is 10.1 Å². The first-order valence-electron chi connectivity index (χ1n) is 11.3. The summed E-state index contributed by atoms with van der Waals surface area (Å²) in [6, 6.07) is 11.1. The van der Waals surface area contributed by atoms with Gasteiger partial charge in [0.15, 0.2) is 0 Å². The predicted molar refractivity (Wildman–Crippen MR) is 144 cm³/mol. The molecule has 4 rings (SSSR count). The molecule has 11 heteroatoms. The van der Waals surface area contributed by atoms with Crippen molar-refractivity contribution in [2.75, 3.05) is 51.6 Å². The second-order valence-electron chi connectivity index (χ2n) is 8.62. The van der Waals surface area contributed by atoms with E-state index in [1.165, 1.54) is 19.4 Å². The standard InChI is InChI=1S/C25H28ClN7O3/c1-30(2)11-10-27-19-12-23(36-5)22(13-21(19)33(34)35)32(4)25-28-14-18(26)24(29-25)17-15-31(3)20-9-7-6-8-16(17)20/h6-9,12-15,27H,10-11H2,1-5H3. The summed E-state index contributed by atoms with van der Waals surface area (Å²) in [5, 5.41) is 16.4. The molecule has 10 nitrogen and oxygen atoms in total. The Balaban J connectivity index is 1.76. The Morgan fingerprint density at radius 2 is 1.97 bits per heavy atom. The second kappa shape index (κ2) is 10.4. The van der Waals surface area contributed by atoms with E-state index in [2.05, 4.69) is 10.3 Å². The van der Waals surface area contributed by atoms with Gasteiger partial charge in [0.25, 0.3) is 5.69 Å². The molecule has 0 saturated heterocycles. The van der Waals surface area contributed by atoms with E-state index >= 15 is 0 Å².